The maximum Gasteiger partial charge on any atom is 0.129 e. The molecule has 2 rings (SSSR count). The minimum absolute atomic E-state index is 0.0235. The smallest absolute Gasteiger partial charge is 0.129 e. The second-order valence-corrected chi connectivity index (χ2v) is 5.31. The average molecular weight is 312 g/mol. The fourth-order valence-electron chi connectivity index (χ4n) is 2.39. The lowest BCUT2D eigenvalue weighted by Gasteiger charge is -2.24. The van der Waals surface area contributed by atoms with Gasteiger partial charge in [-0.05, 0) is 35.7 Å². The van der Waals surface area contributed by atoms with Gasteiger partial charge in [0.2, 0.25) is 0 Å². The number of rotatable bonds is 4. The first kappa shape index (κ1) is 15.9. The standard InChI is InChI=1S/C16H16ClF2NO/c1-9-11(3-2-4-14(9)17)16(21)13(8-20)12-6-5-10(18)7-15(12)19/h2-7,13,16,21H,8,20H2,1H3. The summed E-state index contributed by atoms with van der Waals surface area (Å²) in [5.74, 6) is -2.06. The summed E-state index contributed by atoms with van der Waals surface area (Å²) in [7, 11) is 0. The van der Waals surface area contributed by atoms with Crippen LogP contribution in [0, 0.1) is 18.6 Å². The average Bonchev–Trinajstić information content (AvgIpc) is 2.44. The predicted octanol–water partition coefficient (Wildman–Crippen LogP) is 3.70. The quantitative estimate of drug-likeness (QED) is 0.904. The van der Waals surface area contributed by atoms with Gasteiger partial charge in [0.25, 0.3) is 0 Å². The molecule has 0 fully saturated rings. The fraction of sp³-hybridized carbons (Fsp3) is 0.250. The van der Waals surface area contributed by atoms with Crippen molar-refractivity contribution in [2.45, 2.75) is 18.9 Å². The number of hydrogen-bond donors (Lipinski definition) is 2. The van der Waals surface area contributed by atoms with Crippen LogP contribution in [0.4, 0.5) is 8.78 Å². The first-order valence-corrected chi connectivity index (χ1v) is 6.91. The second kappa shape index (κ2) is 6.52. The molecule has 0 aliphatic carbocycles. The van der Waals surface area contributed by atoms with Crippen LogP contribution in [-0.4, -0.2) is 11.7 Å². The van der Waals surface area contributed by atoms with Crippen molar-refractivity contribution in [2.24, 2.45) is 5.73 Å². The molecule has 5 heteroatoms. The van der Waals surface area contributed by atoms with Crippen molar-refractivity contribution < 1.29 is 13.9 Å². The van der Waals surface area contributed by atoms with E-state index >= 15 is 0 Å². The minimum Gasteiger partial charge on any atom is -0.388 e. The van der Waals surface area contributed by atoms with E-state index < -0.39 is 23.7 Å². The van der Waals surface area contributed by atoms with Gasteiger partial charge in [0, 0.05) is 23.6 Å². The Bertz CT molecular complexity index is 648. The van der Waals surface area contributed by atoms with Gasteiger partial charge in [0.05, 0.1) is 6.10 Å². The number of nitrogens with two attached hydrogens (primary N) is 1. The molecule has 0 saturated heterocycles. The van der Waals surface area contributed by atoms with Crippen LogP contribution in [0.5, 0.6) is 0 Å². The van der Waals surface area contributed by atoms with Crippen molar-refractivity contribution in [1.29, 1.82) is 0 Å². The van der Waals surface area contributed by atoms with Gasteiger partial charge in [-0.15, -0.1) is 0 Å². The van der Waals surface area contributed by atoms with Crippen LogP contribution in [0.3, 0.4) is 0 Å². The molecule has 0 radical (unpaired) electrons. The summed E-state index contributed by atoms with van der Waals surface area (Å²) in [6, 6.07) is 8.39. The molecule has 2 aromatic rings. The SMILES string of the molecule is Cc1c(Cl)cccc1C(O)C(CN)c1ccc(F)cc1F. The zero-order valence-electron chi connectivity index (χ0n) is 11.5. The lowest BCUT2D eigenvalue weighted by molar-refractivity contribution is 0.145. The molecule has 2 atom stereocenters. The Balaban J connectivity index is 2.43. The Hall–Kier alpha value is -1.49. The number of halogens is 3. The third-order valence-corrected chi connectivity index (χ3v) is 4.03. The van der Waals surface area contributed by atoms with Crippen molar-refractivity contribution in [2.75, 3.05) is 6.54 Å². The van der Waals surface area contributed by atoms with E-state index in [-0.39, 0.29) is 12.1 Å². The maximum atomic E-state index is 13.9. The molecule has 0 aliphatic rings. The largest absolute Gasteiger partial charge is 0.388 e. The number of hydrogen-bond acceptors (Lipinski definition) is 2. The highest BCUT2D eigenvalue weighted by Gasteiger charge is 2.26. The highest BCUT2D eigenvalue weighted by Crippen LogP contribution is 2.35. The van der Waals surface area contributed by atoms with Gasteiger partial charge in [-0.3, -0.25) is 0 Å². The Kier molecular flexibility index (Phi) is 4.93. The summed E-state index contributed by atoms with van der Waals surface area (Å²) >= 11 is 6.04. The van der Waals surface area contributed by atoms with Crippen molar-refractivity contribution in [3.8, 4) is 0 Å². The highest BCUT2D eigenvalue weighted by molar-refractivity contribution is 6.31. The van der Waals surface area contributed by atoms with E-state index in [4.69, 9.17) is 17.3 Å². The summed E-state index contributed by atoms with van der Waals surface area (Å²) in [6.07, 6.45) is -1.02. The third kappa shape index (κ3) is 3.23. The van der Waals surface area contributed by atoms with Crippen LogP contribution in [0.25, 0.3) is 0 Å². The number of aliphatic hydroxyl groups is 1. The van der Waals surface area contributed by atoms with Crippen LogP contribution >= 0.6 is 11.6 Å². The first-order chi connectivity index (χ1) is 9.95. The highest BCUT2D eigenvalue weighted by atomic mass is 35.5. The van der Waals surface area contributed by atoms with Crippen LogP contribution in [0.1, 0.15) is 28.7 Å². The lowest BCUT2D eigenvalue weighted by Crippen LogP contribution is -2.22. The minimum atomic E-state index is -1.02. The Morgan fingerprint density at radius 3 is 2.52 bits per heavy atom. The monoisotopic (exact) mass is 311 g/mol. The van der Waals surface area contributed by atoms with Gasteiger partial charge in [0.1, 0.15) is 11.6 Å². The van der Waals surface area contributed by atoms with E-state index in [1.165, 1.54) is 6.07 Å². The topological polar surface area (TPSA) is 46.2 Å². The van der Waals surface area contributed by atoms with Crippen LogP contribution < -0.4 is 5.73 Å². The van der Waals surface area contributed by atoms with Crippen LogP contribution in [0.2, 0.25) is 5.02 Å². The van der Waals surface area contributed by atoms with Crippen molar-refractivity contribution in [3.63, 3.8) is 0 Å². The zero-order valence-corrected chi connectivity index (χ0v) is 12.2. The molecule has 2 nitrogen and oxygen atoms in total. The van der Waals surface area contributed by atoms with Crippen molar-refractivity contribution in [3.05, 3.63) is 69.7 Å². The van der Waals surface area contributed by atoms with E-state index in [1.807, 2.05) is 0 Å². The third-order valence-electron chi connectivity index (χ3n) is 3.63. The molecule has 2 aromatic carbocycles. The molecule has 21 heavy (non-hydrogen) atoms. The van der Waals surface area contributed by atoms with E-state index in [0.717, 1.165) is 12.1 Å². The Morgan fingerprint density at radius 1 is 1.19 bits per heavy atom. The van der Waals surface area contributed by atoms with E-state index in [2.05, 4.69) is 0 Å². The zero-order chi connectivity index (χ0) is 15.6. The molecule has 0 bridgehead atoms. The maximum absolute atomic E-state index is 13.9. The fourth-order valence-corrected chi connectivity index (χ4v) is 2.57. The molecule has 0 aliphatic heterocycles. The molecular weight excluding hydrogens is 296 g/mol. The molecular formula is C16H16ClF2NO. The van der Waals surface area contributed by atoms with E-state index in [9.17, 15) is 13.9 Å². The molecule has 0 heterocycles. The van der Waals surface area contributed by atoms with E-state index in [0.29, 0.717) is 16.1 Å². The van der Waals surface area contributed by atoms with Crippen LogP contribution in [-0.2, 0) is 0 Å². The summed E-state index contributed by atoms with van der Waals surface area (Å²) in [5.41, 5.74) is 7.17. The summed E-state index contributed by atoms with van der Waals surface area (Å²) in [4.78, 5) is 0. The van der Waals surface area contributed by atoms with Gasteiger partial charge in [-0.25, -0.2) is 8.78 Å². The molecule has 0 aromatic heterocycles. The molecule has 2 unspecified atom stereocenters. The molecule has 3 N–H and O–H groups in total. The van der Waals surface area contributed by atoms with E-state index in [1.54, 1.807) is 25.1 Å². The first-order valence-electron chi connectivity index (χ1n) is 6.53. The molecule has 0 spiro atoms. The number of benzene rings is 2. The molecule has 0 saturated carbocycles. The van der Waals surface area contributed by atoms with Gasteiger partial charge in [0.15, 0.2) is 0 Å². The Labute approximate surface area is 127 Å². The molecule has 0 amide bonds. The van der Waals surface area contributed by atoms with Crippen LogP contribution in [0.15, 0.2) is 36.4 Å². The lowest BCUT2D eigenvalue weighted by atomic mass is 9.87. The Morgan fingerprint density at radius 2 is 1.90 bits per heavy atom. The summed E-state index contributed by atoms with van der Waals surface area (Å²) in [5, 5.41) is 11.0. The summed E-state index contributed by atoms with van der Waals surface area (Å²) < 4.78 is 26.9. The predicted molar refractivity (Wildman–Crippen MR) is 79.3 cm³/mol. The van der Waals surface area contributed by atoms with Gasteiger partial charge >= 0.3 is 0 Å². The summed E-state index contributed by atoms with van der Waals surface area (Å²) in [6.45, 7) is 1.80. The van der Waals surface area contributed by atoms with Gasteiger partial charge < -0.3 is 10.8 Å². The number of aliphatic hydroxyl groups excluding tert-OH is 1. The van der Waals surface area contributed by atoms with Crippen molar-refractivity contribution >= 4 is 11.6 Å². The van der Waals surface area contributed by atoms with Crippen molar-refractivity contribution in [1.82, 2.24) is 0 Å². The van der Waals surface area contributed by atoms with Gasteiger partial charge in [-0.2, -0.15) is 0 Å². The second-order valence-electron chi connectivity index (χ2n) is 4.91. The normalized spacial score (nSPS) is 14.0. The molecule has 112 valence electrons. The van der Waals surface area contributed by atoms with Gasteiger partial charge in [-0.1, -0.05) is 29.8 Å².